The maximum atomic E-state index is 12.3. The maximum Gasteiger partial charge on any atom is 0.227 e. The predicted octanol–water partition coefficient (Wildman–Crippen LogP) is 3.69. The van der Waals surface area contributed by atoms with Gasteiger partial charge in [-0.15, -0.1) is 10.2 Å². The van der Waals surface area contributed by atoms with Gasteiger partial charge >= 0.3 is 0 Å². The lowest BCUT2D eigenvalue weighted by molar-refractivity contribution is -0.120. The zero-order valence-corrected chi connectivity index (χ0v) is 17.9. The molecule has 0 radical (unpaired) electrons. The number of benzene rings is 1. The summed E-state index contributed by atoms with van der Waals surface area (Å²) >= 11 is 1.55. The Morgan fingerprint density at radius 1 is 0.967 bits per heavy atom. The highest BCUT2D eigenvalue weighted by Gasteiger charge is 2.53. The monoisotopic (exact) mass is 424 g/mol. The predicted molar refractivity (Wildman–Crippen MR) is 116 cm³/mol. The lowest BCUT2D eigenvalue weighted by Gasteiger charge is -2.55. The molecule has 158 valence electrons. The Bertz CT molecular complexity index is 891. The van der Waals surface area contributed by atoms with Gasteiger partial charge in [0.1, 0.15) is 5.01 Å². The lowest BCUT2D eigenvalue weighted by Crippen LogP contribution is -2.48. The van der Waals surface area contributed by atoms with E-state index in [1.165, 1.54) is 38.5 Å². The molecule has 4 saturated carbocycles. The number of nitrogens with zero attached hydrogens (tertiary/aromatic N) is 2. The minimum Gasteiger partial charge on any atom is -0.355 e. The number of rotatable bonds is 7. The third-order valence-electron chi connectivity index (χ3n) is 7.05. The quantitative estimate of drug-likeness (QED) is 0.710. The highest BCUT2D eigenvalue weighted by atomic mass is 32.1. The second-order valence-corrected chi connectivity index (χ2v) is 10.4. The number of anilines is 1. The number of aromatic nitrogens is 2. The SMILES string of the molecule is O=C(Cc1ccccc1)NCCC(=O)Nc1nnc(C23CC4CC(CC(C4)C2)C3)s1. The number of carbonyl (C=O) groups excluding carboxylic acids is 2. The first-order valence-electron chi connectivity index (χ1n) is 11.0. The first-order chi connectivity index (χ1) is 14.6. The fraction of sp³-hybridized carbons (Fsp3) is 0.565. The normalized spacial score (nSPS) is 29.0. The molecule has 0 unspecified atom stereocenters. The van der Waals surface area contributed by atoms with E-state index in [4.69, 9.17) is 0 Å². The first-order valence-corrected chi connectivity index (χ1v) is 11.8. The van der Waals surface area contributed by atoms with E-state index >= 15 is 0 Å². The van der Waals surface area contributed by atoms with Crippen LogP contribution in [0.3, 0.4) is 0 Å². The van der Waals surface area contributed by atoms with Gasteiger partial charge in [-0.3, -0.25) is 9.59 Å². The summed E-state index contributed by atoms with van der Waals surface area (Å²) in [7, 11) is 0. The molecule has 2 N–H and O–H groups in total. The lowest BCUT2D eigenvalue weighted by atomic mass is 9.50. The van der Waals surface area contributed by atoms with Gasteiger partial charge in [-0.1, -0.05) is 41.7 Å². The van der Waals surface area contributed by atoms with E-state index in [0.29, 0.717) is 18.1 Å². The third kappa shape index (κ3) is 4.13. The summed E-state index contributed by atoms with van der Waals surface area (Å²) in [5, 5.41) is 16.1. The summed E-state index contributed by atoms with van der Waals surface area (Å²) in [6.45, 7) is 0.318. The van der Waals surface area contributed by atoms with Crippen molar-refractivity contribution in [3.63, 3.8) is 0 Å². The van der Waals surface area contributed by atoms with Crippen molar-refractivity contribution in [3.05, 3.63) is 40.9 Å². The van der Waals surface area contributed by atoms with Crippen molar-refractivity contribution in [1.82, 2.24) is 15.5 Å². The van der Waals surface area contributed by atoms with Crippen molar-refractivity contribution >= 4 is 28.3 Å². The number of hydrogen-bond acceptors (Lipinski definition) is 5. The Labute approximate surface area is 180 Å². The van der Waals surface area contributed by atoms with E-state index in [1.54, 1.807) is 11.3 Å². The molecule has 0 saturated heterocycles. The average molecular weight is 425 g/mol. The number of amides is 2. The molecule has 6 rings (SSSR count). The minimum absolute atomic E-state index is 0.0750. The summed E-state index contributed by atoms with van der Waals surface area (Å²) in [6, 6.07) is 9.59. The van der Waals surface area contributed by atoms with Crippen molar-refractivity contribution in [2.75, 3.05) is 11.9 Å². The standard InChI is InChI=1S/C23H28N4O2S/c28-19(6-7-24-20(29)11-15-4-2-1-3-5-15)25-22-27-26-21(30-22)23-12-16-8-17(13-23)10-18(9-16)14-23/h1-5,16-18H,6-14H2,(H,24,29)(H,25,27,28). The van der Waals surface area contributed by atoms with Gasteiger partial charge in [-0.05, 0) is 61.8 Å². The Hall–Kier alpha value is -2.28. The van der Waals surface area contributed by atoms with Crippen LogP contribution in [-0.2, 0) is 21.4 Å². The molecule has 0 aliphatic heterocycles. The molecule has 1 heterocycles. The molecule has 4 fully saturated rings. The van der Waals surface area contributed by atoms with Crippen LogP contribution in [0.1, 0.15) is 55.5 Å². The second kappa shape index (κ2) is 8.10. The van der Waals surface area contributed by atoms with Crippen molar-refractivity contribution in [1.29, 1.82) is 0 Å². The van der Waals surface area contributed by atoms with E-state index < -0.39 is 0 Å². The highest BCUT2D eigenvalue weighted by molar-refractivity contribution is 7.15. The Morgan fingerprint density at radius 2 is 1.63 bits per heavy atom. The Balaban J connectivity index is 1.11. The third-order valence-corrected chi connectivity index (χ3v) is 8.13. The molecule has 0 spiro atoms. The minimum atomic E-state index is -0.136. The molecule has 1 aromatic heterocycles. The molecule has 2 amide bonds. The van der Waals surface area contributed by atoms with Crippen LogP contribution >= 0.6 is 11.3 Å². The van der Waals surface area contributed by atoms with Crippen molar-refractivity contribution < 1.29 is 9.59 Å². The van der Waals surface area contributed by atoms with Gasteiger partial charge in [-0.25, -0.2) is 0 Å². The summed E-state index contributed by atoms with van der Waals surface area (Å²) in [5.74, 6) is 2.37. The summed E-state index contributed by atoms with van der Waals surface area (Å²) < 4.78 is 0. The van der Waals surface area contributed by atoms with Gasteiger partial charge in [0, 0.05) is 18.4 Å². The number of carbonyl (C=O) groups is 2. The van der Waals surface area contributed by atoms with Gasteiger partial charge in [0.05, 0.1) is 6.42 Å². The topological polar surface area (TPSA) is 84.0 Å². The van der Waals surface area contributed by atoms with Crippen LogP contribution < -0.4 is 10.6 Å². The number of nitrogens with one attached hydrogen (secondary N) is 2. The molecule has 4 bridgehead atoms. The first kappa shape index (κ1) is 19.7. The van der Waals surface area contributed by atoms with Gasteiger partial charge in [-0.2, -0.15) is 0 Å². The van der Waals surface area contributed by atoms with Crippen molar-refractivity contribution in [2.45, 2.75) is 56.8 Å². The molecule has 6 nitrogen and oxygen atoms in total. The Kier molecular flexibility index (Phi) is 5.31. The van der Waals surface area contributed by atoms with Gasteiger partial charge in [0.15, 0.2) is 0 Å². The molecule has 30 heavy (non-hydrogen) atoms. The van der Waals surface area contributed by atoms with Crippen LogP contribution in [0.25, 0.3) is 0 Å². The van der Waals surface area contributed by atoms with Crippen molar-refractivity contribution in [3.8, 4) is 0 Å². The van der Waals surface area contributed by atoms with E-state index in [2.05, 4.69) is 20.8 Å². The second-order valence-electron chi connectivity index (χ2n) is 9.42. The van der Waals surface area contributed by atoms with Crippen LogP contribution in [0.15, 0.2) is 30.3 Å². The van der Waals surface area contributed by atoms with Gasteiger partial charge in [0.25, 0.3) is 0 Å². The van der Waals surface area contributed by atoms with Crippen LogP contribution in [0.5, 0.6) is 0 Å². The zero-order chi connectivity index (χ0) is 20.6. The van der Waals surface area contributed by atoms with E-state index in [1.807, 2.05) is 30.3 Å². The highest BCUT2D eigenvalue weighted by Crippen LogP contribution is 2.61. The van der Waals surface area contributed by atoms with Crippen LogP contribution in [-0.4, -0.2) is 28.6 Å². The summed E-state index contributed by atoms with van der Waals surface area (Å²) in [4.78, 5) is 24.3. The van der Waals surface area contributed by atoms with E-state index in [0.717, 1.165) is 28.3 Å². The van der Waals surface area contributed by atoms with Gasteiger partial charge in [0.2, 0.25) is 16.9 Å². The largest absolute Gasteiger partial charge is 0.355 e. The fourth-order valence-electron chi connectivity index (χ4n) is 6.20. The molecular formula is C23H28N4O2S. The van der Waals surface area contributed by atoms with Gasteiger partial charge < -0.3 is 10.6 Å². The molecule has 7 heteroatoms. The molecule has 4 aliphatic carbocycles. The smallest absolute Gasteiger partial charge is 0.227 e. The molecule has 1 aromatic carbocycles. The molecule has 0 atom stereocenters. The molecular weight excluding hydrogens is 396 g/mol. The molecule has 4 aliphatic rings. The average Bonchev–Trinajstić information content (AvgIpc) is 3.17. The summed E-state index contributed by atoms with van der Waals surface area (Å²) in [5.41, 5.74) is 1.17. The summed E-state index contributed by atoms with van der Waals surface area (Å²) in [6.07, 6.45) is 8.49. The van der Waals surface area contributed by atoms with Crippen molar-refractivity contribution in [2.24, 2.45) is 17.8 Å². The maximum absolute atomic E-state index is 12.3. The van der Waals surface area contributed by atoms with Crippen LogP contribution in [0.2, 0.25) is 0 Å². The Morgan fingerprint density at radius 3 is 2.30 bits per heavy atom. The zero-order valence-electron chi connectivity index (χ0n) is 17.1. The van der Waals surface area contributed by atoms with E-state index in [9.17, 15) is 9.59 Å². The van der Waals surface area contributed by atoms with E-state index in [-0.39, 0.29) is 23.7 Å². The number of hydrogen-bond donors (Lipinski definition) is 2. The fourth-order valence-corrected chi connectivity index (χ4v) is 7.18. The molecule has 2 aromatic rings. The van der Waals surface area contributed by atoms with Crippen LogP contribution in [0.4, 0.5) is 5.13 Å². The van der Waals surface area contributed by atoms with Crippen LogP contribution in [0, 0.1) is 17.8 Å².